The second-order valence-corrected chi connectivity index (χ2v) is 8.26. The van der Waals surface area contributed by atoms with Gasteiger partial charge in [0.25, 0.3) is 10.2 Å². The van der Waals surface area contributed by atoms with Crippen LogP contribution in [0.15, 0.2) is 0 Å². The highest BCUT2D eigenvalue weighted by molar-refractivity contribution is 7.98. The van der Waals surface area contributed by atoms with Crippen LogP contribution < -0.4 is 5.32 Å². The Bertz CT molecular complexity index is 363. The van der Waals surface area contributed by atoms with E-state index in [1.165, 1.54) is 4.31 Å². The third kappa shape index (κ3) is 5.18. The minimum absolute atomic E-state index is 0.108. The van der Waals surface area contributed by atoms with Gasteiger partial charge in [-0.25, -0.2) is 0 Å². The summed E-state index contributed by atoms with van der Waals surface area (Å²) in [7, 11) is -1.62. The van der Waals surface area contributed by atoms with Crippen molar-refractivity contribution in [3.63, 3.8) is 0 Å². The summed E-state index contributed by atoms with van der Waals surface area (Å²) in [6, 6.07) is 0.108. The summed E-state index contributed by atoms with van der Waals surface area (Å²) in [5.74, 6) is 0.836. The van der Waals surface area contributed by atoms with Crippen LogP contribution in [-0.2, 0) is 10.2 Å². The molecule has 1 atom stereocenters. The summed E-state index contributed by atoms with van der Waals surface area (Å²) in [6.45, 7) is 5.08. The SMILES string of the molecule is CCCNCC1CCCCN1S(=O)(=O)N(C)CCSC. The van der Waals surface area contributed by atoms with Crippen LogP contribution in [0.3, 0.4) is 0 Å². The molecule has 20 heavy (non-hydrogen) atoms. The zero-order chi connectivity index (χ0) is 15.0. The van der Waals surface area contributed by atoms with Crippen molar-refractivity contribution in [2.75, 3.05) is 45.2 Å². The molecule has 0 aromatic rings. The van der Waals surface area contributed by atoms with Crippen molar-refractivity contribution in [3.8, 4) is 0 Å². The highest BCUT2D eigenvalue weighted by Crippen LogP contribution is 2.21. The van der Waals surface area contributed by atoms with Crippen LogP contribution >= 0.6 is 11.8 Å². The maximum atomic E-state index is 12.6. The smallest absolute Gasteiger partial charge is 0.282 e. The largest absolute Gasteiger partial charge is 0.315 e. The zero-order valence-corrected chi connectivity index (χ0v) is 14.6. The van der Waals surface area contributed by atoms with E-state index in [1.807, 2.05) is 6.26 Å². The first kappa shape index (κ1) is 18.2. The highest BCUT2D eigenvalue weighted by atomic mass is 32.2. The lowest BCUT2D eigenvalue weighted by molar-refractivity contribution is 0.232. The number of hydrogen-bond acceptors (Lipinski definition) is 4. The lowest BCUT2D eigenvalue weighted by atomic mass is 10.1. The zero-order valence-electron chi connectivity index (χ0n) is 13.0. The van der Waals surface area contributed by atoms with Crippen molar-refractivity contribution in [1.82, 2.24) is 13.9 Å². The Morgan fingerprint density at radius 1 is 1.40 bits per heavy atom. The van der Waals surface area contributed by atoms with E-state index in [0.717, 1.165) is 44.5 Å². The fourth-order valence-corrected chi connectivity index (χ4v) is 4.61. The molecule has 7 heteroatoms. The van der Waals surface area contributed by atoms with Crippen molar-refractivity contribution in [2.24, 2.45) is 0 Å². The molecule has 0 amide bonds. The van der Waals surface area contributed by atoms with Crippen molar-refractivity contribution in [1.29, 1.82) is 0 Å². The van der Waals surface area contributed by atoms with E-state index in [1.54, 1.807) is 23.1 Å². The van der Waals surface area contributed by atoms with Crippen molar-refractivity contribution < 1.29 is 8.42 Å². The van der Waals surface area contributed by atoms with Crippen LogP contribution in [0, 0.1) is 0 Å². The molecule has 0 aliphatic carbocycles. The number of nitrogens with one attached hydrogen (secondary N) is 1. The Balaban J connectivity index is 2.67. The van der Waals surface area contributed by atoms with Crippen LogP contribution in [0.4, 0.5) is 0 Å². The predicted octanol–water partition coefficient (Wildman–Crippen LogP) is 1.38. The van der Waals surface area contributed by atoms with E-state index in [2.05, 4.69) is 12.2 Å². The molecule has 1 rings (SSSR count). The Labute approximate surface area is 128 Å². The van der Waals surface area contributed by atoms with Crippen molar-refractivity contribution in [3.05, 3.63) is 0 Å². The number of nitrogens with zero attached hydrogens (tertiary/aromatic N) is 2. The van der Waals surface area contributed by atoms with Gasteiger partial charge in [0.05, 0.1) is 0 Å². The van der Waals surface area contributed by atoms with Gasteiger partial charge in [0, 0.05) is 38.5 Å². The molecule has 0 radical (unpaired) electrons. The minimum atomic E-state index is -3.31. The van der Waals surface area contributed by atoms with Crippen LogP contribution in [-0.4, -0.2) is 68.3 Å². The third-order valence-corrected chi connectivity index (χ3v) is 6.31. The first-order valence-electron chi connectivity index (χ1n) is 7.46. The molecule has 1 heterocycles. The molecular formula is C13H29N3O2S2. The normalized spacial score (nSPS) is 21.5. The molecule has 1 N–H and O–H groups in total. The Morgan fingerprint density at radius 3 is 2.80 bits per heavy atom. The molecule has 0 aromatic carbocycles. The maximum Gasteiger partial charge on any atom is 0.282 e. The summed E-state index contributed by atoms with van der Waals surface area (Å²) >= 11 is 1.67. The summed E-state index contributed by atoms with van der Waals surface area (Å²) in [5.41, 5.74) is 0. The fraction of sp³-hybridized carbons (Fsp3) is 1.00. The number of rotatable bonds is 9. The molecular weight excluding hydrogens is 294 g/mol. The molecule has 1 aliphatic heterocycles. The van der Waals surface area contributed by atoms with Crippen LogP contribution in [0.1, 0.15) is 32.6 Å². The van der Waals surface area contributed by atoms with Gasteiger partial charge in [-0.3, -0.25) is 0 Å². The molecule has 0 spiro atoms. The van der Waals surface area contributed by atoms with Gasteiger partial charge in [-0.15, -0.1) is 0 Å². The lowest BCUT2D eigenvalue weighted by Gasteiger charge is -2.37. The van der Waals surface area contributed by atoms with Crippen LogP contribution in [0.5, 0.6) is 0 Å². The summed E-state index contributed by atoms with van der Waals surface area (Å²) in [6.07, 6.45) is 6.14. The van der Waals surface area contributed by atoms with Gasteiger partial charge in [-0.05, 0) is 32.1 Å². The number of piperidine rings is 1. The monoisotopic (exact) mass is 323 g/mol. The maximum absolute atomic E-state index is 12.6. The van der Waals surface area contributed by atoms with Crippen molar-refractivity contribution in [2.45, 2.75) is 38.6 Å². The Hall–Kier alpha value is 0.180. The van der Waals surface area contributed by atoms with E-state index in [0.29, 0.717) is 13.1 Å². The van der Waals surface area contributed by atoms with Crippen LogP contribution in [0.25, 0.3) is 0 Å². The predicted molar refractivity (Wildman–Crippen MR) is 87.4 cm³/mol. The molecule has 1 fully saturated rings. The molecule has 120 valence electrons. The first-order valence-corrected chi connectivity index (χ1v) is 10.3. The van der Waals surface area contributed by atoms with E-state index in [4.69, 9.17) is 0 Å². The molecule has 1 saturated heterocycles. The topological polar surface area (TPSA) is 52.7 Å². The van der Waals surface area contributed by atoms with Gasteiger partial charge in [-0.2, -0.15) is 28.8 Å². The first-order chi connectivity index (χ1) is 9.54. The average Bonchev–Trinajstić information content (AvgIpc) is 2.45. The van der Waals surface area contributed by atoms with Gasteiger partial charge in [0.2, 0.25) is 0 Å². The quantitative estimate of drug-likeness (QED) is 0.651. The van der Waals surface area contributed by atoms with Crippen molar-refractivity contribution >= 4 is 22.0 Å². The average molecular weight is 324 g/mol. The van der Waals surface area contributed by atoms with Gasteiger partial charge >= 0.3 is 0 Å². The van der Waals surface area contributed by atoms with E-state index < -0.39 is 10.2 Å². The molecule has 1 unspecified atom stereocenters. The second-order valence-electron chi connectivity index (χ2n) is 5.29. The van der Waals surface area contributed by atoms with Gasteiger partial charge in [-0.1, -0.05) is 13.3 Å². The van der Waals surface area contributed by atoms with Gasteiger partial charge in [0.15, 0.2) is 0 Å². The number of hydrogen-bond donors (Lipinski definition) is 1. The molecule has 5 nitrogen and oxygen atoms in total. The van der Waals surface area contributed by atoms with E-state index in [-0.39, 0.29) is 6.04 Å². The lowest BCUT2D eigenvalue weighted by Crippen LogP contribution is -2.53. The van der Waals surface area contributed by atoms with E-state index >= 15 is 0 Å². The summed E-state index contributed by atoms with van der Waals surface area (Å²) < 4.78 is 28.5. The number of thioether (sulfide) groups is 1. The molecule has 0 bridgehead atoms. The van der Waals surface area contributed by atoms with E-state index in [9.17, 15) is 8.42 Å². The second kappa shape index (κ2) is 9.25. The Kier molecular flexibility index (Phi) is 8.43. The fourth-order valence-electron chi connectivity index (χ4n) is 2.44. The molecule has 1 aliphatic rings. The van der Waals surface area contributed by atoms with Crippen LogP contribution in [0.2, 0.25) is 0 Å². The molecule has 0 saturated carbocycles. The highest BCUT2D eigenvalue weighted by Gasteiger charge is 2.34. The van der Waals surface area contributed by atoms with Gasteiger partial charge in [0.1, 0.15) is 0 Å². The Morgan fingerprint density at radius 2 is 2.15 bits per heavy atom. The van der Waals surface area contributed by atoms with Gasteiger partial charge < -0.3 is 5.32 Å². The summed E-state index contributed by atoms with van der Waals surface area (Å²) in [4.78, 5) is 0. The summed E-state index contributed by atoms with van der Waals surface area (Å²) in [5, 5.41) is 3.36. The molecule has 0 aromatic heterocycles. The standard InChI is InChI=1S/C13H29N3O2S2/c1-4-8-14-12-13-7-5-6-9-16(13)20(17,18)15(2)10-11-19-3/h13-14H,4-12H2,1-3H3. The minimum Gasteiger partial charge on any atom is -0.315 e. The third-order valence-electron chi connectivity index (χ3n) is 3.68.